The van der Waals surface area contributed by atoms with Crippen LogP contribution in [0.1, 0.15) is 6.42 Å². The van der Waals surface area contributed by atoms with Gasteiger partial charge in [-0.2, -0.15) is 0 Å². The summed E-state index contributed by atoms with van der Waals surface area (Å²) in [4.78, 5) is 9.24. The van der Waals surface area contributed by atoms with Crippen molar-refractivity contribution in [3.8, 4) is 0 Å². The molecule has 1 aromatic carbocycles. The first-order valence-corrected chi connectivity index (χ1v) is 6.76. The van der Waals surface area contributed by atoms with Crippen molar-refractivity contribution >= 4 is 22.7 Å². The Morgan fingerprint density at radius 1 is 1.21 bits per heavy atom. The van der Waals surface area contributed by atoms with Crippen LogP contribution in [0.15, 0.2) is 24.3 Å². The highest BCUT2D eigenvalue weighted by atomic mass is 15.1. The maximum atomic E-state index is 4.65. The van der Waals surface area contributed by atoms with E-state index in [0.29, 0.717) is 5.92 Å². The van der Waals surface area contributed by atoms with Gasteiger partial charge < -0.3 is 16.0 Å². The van der Waals surface area contributed by atoms with E-state index in [0.717, 1.165) is 42.3 Å². The number of rotatable bonds is 4. The van der Waals surface area contributed by atoms with Crippen LogP contribution in [-0.4, -0.2) is 36.6 Å². The molecule has 1 atom stereocenters. The molecule has 19 heavy (non-hydrogen) atoms. The lowest BCUT2D eigenvalue weighted by Crippen LogP contribution is -2.18. The minimum absolute atomic E-state index is 0.679. The van der Waals surface area contributed by atoms with Crippen LogP contribution in [0.3, 0.4) is 0 Å². The van der Waals surface area contributed by atoms with Gasteiger partial charge in [0.2, 0.25) is 0 Å². The van der Waals surface area contributed by atoms with E-state index in [4.69, 9.17) is 0 Å². The Kier molecular flexibility index (Phi) is 3.46. The monoisotopic (exact) mass is 257 g/mol. The molecule has 5 heteroatoms. The molecule has 0 spiro atoms. The standard InChI is InChI=1S/C14H19N5/c1-15-13-14(17-9-10-6-7-16-8-10)19-12-5-3-2-4-11(12)18-13/h2-5,10,16H,6-9H2,1H3,(H,15,18)(H,17,19)/t10-/m1/s1. The minimum atomic E-state index is 0.679. The quantitative estimate of drug-likeness (QED) is 0.778. The summed E-state index contributed by atoms with van der Waals surface area (Å²) in [7, 11) is 1.88. The normalized spacial score (nSPS) is 18.7. The second kappa shape index (κ2) is 5.40. The van der Waals surface area contributed by atoms with Crippen molar-refractivity contribution in [2.75, 3.05) is 37.3 Å². The molecule has 0 bridgehead atoms. The van der Waals surface area contributed by atoms with Gasteiger partial charge in [-0.15, -0.1) is 0 Å². The summed E-state index contributed by atoms with van der Waals surface area (Å²) < 4.78 is 0. The summed E-state index contributed by atoms with van der Waals surface area (Å²) in [6.07, 6.45) is 1.23. The molecule has 1 aromatic heterocycles. The topological polar surface area (TPSA) is 61.9 Å². The summed E-state index contributed by atoms with van der Waals surface area (Å²) in [5, 5.41) is 9.91. The second-order valence-corrected chi connectivity index (χ2v) is 4.90. The second-order valence-electron chi connectivity index (χ2n) is 4.90. The fourth-order valence-corrected chi connectivity index (χ4v) is 2.43. The average Bonchev–Trinajstić information content (AvgIpc) is 2.97. The lowest BCUT2D eigenvalue weighted by molar-refractivity contribution is 0.614. The molecule has 3 rings (SSSR count). The molecule has 2 aromatic rings. The van der Waals surface area contributed by atoms with Crippen molar-refractivity contribution in [1.82, 2.24) is 15.3 Å². The van der Waals surface area contributed by atoms with E-state index in [1.54, 1.807) is 0 Å². The van der Waals surface area contributed by atoms with Crippen molar-refractivity contribution < 1.29 is 0 Å². The third-order valence-corrected chi connectivity index (χ3v) is 3.53. The molecule has 0 amide bonds. The summed E-state index contributed by atoms with van der Waals surface area (Å²) >= 11 is 0. The summed E-state index contributed by atoms with van der Waals surface area (Å²) in [5.41, 5.74) is 1.84. The van der Waals surface area contributed by atoms with E-state index < -0.39 is 0 Å². The molecule has 5 nitrogen and oxygen atoms in total. The van der Waals surface area contributed by atoms with Crippen molar-refractivity contribution in [1.29, 1.82) is 0 Å². The number of nitrogens with one attached hydrogen (secondary N) is 3. The average molecular weight is 257 g/mol. The highest BCUT2D eigenvalue weighted by Crippen LogP contribution is 2.21. The number of fused-ring (bicyclic) bond motifs is 1. The van der Waals surface area contributed by atoms with Gasteiger partial charge in [-0.05, 0) is 37.6 Å². The number of nitrogens with zero attached hydrogens (tertiary/aromatic N) is 2. The molecule has 1 fully saturated rings. The number of hydrogen-bond donors (Lipinski definition) is 3. The van der Waals surface area contributed by atoms with Crippen LogP contribution in [0, 0.1) is 5.92 Å². The molecule has 100 valence electrons. The Balaban J connectivity index is 1.83. The Morgan fingerprint density at radius 2 is 1.95 bits per heavy atom. The van der Waals surface area contributed by atoms with E-state index in [1.165, 1.54) is 6.42 Å². The van der Waals surface area contributed by atoms with Crippen LogP contribution in [0.5, 0.6) is 0 Å². The van der Waals surface area contributed by atoms with Crippen molar-refractivity contribution in [3.05, 3.63) is 24.3 Å². The van der Waals surface area contributed by atoms with Gasteiger partial charge in [0, 0.05) is 13.6 Å². The first-order valence-electron chi connectivity index (χ1n) is 6.76. The summed E-state index contributed by atoms with van der Waals surface area (Å²) in [5.74, 6) is 2.33. The van der Waals surface area contributed by atoms with Crippen LogP contribution in [0.2, 0.25) is 0 Å². The van der Waals surface area contributed by atoms with Gasteiger partial charge in [0.15, 0.2) is 11.6 Å². The zero-order chi connectivity index (χ0) is 13.1. The molecule has 0 radical (unpaired) electrons. The SMILES string of the molecule is CNc1nc2ccccc2nc1NC[C@@H]1CCNC1. The largest absolute Gasteiger partial charge is 0.370 e. The molecule has 0 saturated carbocycles. The Labute approximate surface area is 112 Å². The third kappa shape index (κ3) is 2.61. The number of benzene rings is 1. The third-order valence-electron chi connectivity index (χ3n) is 3.53. The molecule has 1 saturated heterocycles. The highest BCUT2D eigenvalue weighted by molar-refractivity contribution is 5.80. The smallest absolute Gasteiger partial charge is 0.169 e. The summed E-state index contributed by atoms with van der Waals surface area (Å²) in [6, 6.07) is 7.94. The van der Waals surface area contributed by atoms with Gasteiger partial charge in [-0.25, -0.2) is 9.97 Å². The van der Waals surface area contributed by atoms with Crippen LogP contribution in [0.25, 0.3) is 11.0 Å². The van der Waals surface area contributed by atoms with Crippen LogP contribution >= 0.6 is 0 Å². The van der Waals surface area contributed by atoms with E-state index in [9.17, 15) is 0 Å². The zero-order valence-electron chi connectivity index (χ0n) is 11.1. The number of hydrogen-bond acceptors (Lipinski definition) is 5. The summed E-state index contributed by atoms with van der Waals surface area (Å²) in [6.45, 7) is 3.15. The molecular formula is C14H19N5. The Bertz CT molecular complexity index is 563. The Morgan fingerprint density at radius 3 is 2.58 bits per heavy atom. The molecule has 1 aliphatic heterocycles. The van der Waals surface area contributed by atoms with E-state index in [1.807, 2.05) is 31.3 Å². The molecule has 0 aliphatic carbocycles. The van der Waals surface area contributed by atoms with E-state index in [2.05, 4.69) is 25.9 Å². The lowest BCUT2D eigenvalue weighted by Gasteiger charge is -2.14. The van der Waals surface area contributed by atoms with Crippen molar-refractivity contribution in [3.63, 3.8) is 0 Å². The van der Waals surface area contributed by atoms with Crippen LogP contribution < -0.4 is 16.0 Å². The molecule has 1 aliphatic rings. The zero-order valence-corrected chi connectivity index (χ0v) is 11.1. The van der Waals surface area contributed by atoms with Crippen LogP contribution in [0.4, 0.5) is 11.6 Å². The van der Waals surface area contributed by atoms with Crippen molar-refractivity contribution in [2.45, 2.75) is 6.42 Å². The molecule has 0 unspecified atom stereocenters. The van der Waals surface area contributed by atoms with Gasteiger partial charge in [0.1, 0.15) is 0 Å². The van der Waals surface area contributed by atoms with Gasteiger partial charge in [0.05, 0.1) is 11.0 Å². The van der Waals surface area contributed by atoms with E-state index >= 15 is 0 Å². The van der Waals surface area contributed by atoms with Gasteiger partial charge >= 0.3 is 0 Å². The predicted molar refractivity (Wildman–Crippen MR) is 78.6 cm³/mol. The first kappa shape index (κ1) is 12.2. The van der Waals surface area contributed by atoms with Crippen LogP contribution in [-0.2, 0) is 0 Å². The Hall–Kier alpha value is -1.88. The van der Waals surface area contributed by atoms with Gasteiger partial charge in [0.25, 0.3) is 0 Å². The van der Waals surface area contributed by atoms with Gasteiger partial charge in [-0.3, -0.25) is 0 Å². The first-order chi connectivity index (χ1) is 9.36. The highest BCUT2D eigenvalue weighted by Gasteiger charge is 2.15. The lowest BCUT2D eigenvalue weighted by atomic mass is 10.1. The maximum Gasteiger partial charge on any atom is 0.169 e. The predicted octanol–water partition coefficient (Wildman–Crippen LogP) is 1.69. The van der Waals surface area contributed by atoms with E-state index in [-0.39, 0.29) is 0 Å². The number of para-hydroxylation sites is 2. The van der Waals surface area contributed by atoms with Gasteiger partial charge in [-0.1, -0.05) is 12.1 Å². The number of aromatic nitrogens is 2. The fourth-order valence-electron chi connectivity index (χ4n) is 2.43. The number of anilines is 2. The molecular weight excluding hydrogens is 238 g/mol. The molecule has 3 N–H and O–H groups in total. The molecule has 2 heterocycles. The fraction of sp³-hybridized carbons (Fsp3) is 0.429. The van der Waals surface area contributed by atoms with Crippen molar-refractivity contribution in [2.24, 2.45) is 5.92 Å². The maximum absolute atomic E-state index is 4.65. The minimum Gasteiger partial charge on any atom is -0.370 e.